The molecule has 1 aromatic rings. The Morgan fingerprint density at radius 1 is 1.16 bits per heavy atom. The molecular formula is C17H27NO. The Bertz CT molecular complexity index is 406. The van der Waals surface area contributed by atoms with Gasteiger partial charge >= 0.3 is 0 Å². The topological polar surface area (TPSA) is 21.3 Å². The van der Waals surface area contributed by atoms with Crippen LogP contribution < -0.4 is 10.1 Å². The summed E-state index contributed by atoms with van der Waals surface area (Å²) in [5.41, 5.74) is 2.84. The van der Waals surface area contributed by atoms with Crippen LogP contribution in [0.25, 0.3) is 0 Å². The van der Waals surface area contributed by atoms with Crippen LogP contribution in [0, 0.1) is 0 Å². The van der Waals surface area contributed by atoms with Crippen molar-refractivity contribution in [1.29, 1.82) is 0 Å². The van der Waals surface area contributed by atoms with E-state index >= 15 is 0 Å². The molecule has 106 valence electrons. The summed E-state index contributed by atoms with van der Waals surface area (Å²) >= 11 is 0. The van der Waals surface area contributed by atoms with E-state index in [1.165, 1.54) is 36.8 Å². The lowest BCUT2D eigenvalue weighted by atomic mass is 9.81. The molecule has 0 spiro atoms. The first-order chi connectivity index (χ1) is 9.15. The van der Waals surface area contributed by atoms with Gasteiger partial charge < -0.3 is 10.1 Å². The number of benzene rings is 1. The number of rotatable bonds is 4. The lowest BCUT2D eigenvalue weighted by Crippen LogP contribution is -2.29. The van der Waals surface area contributed by atoms with Crippen LogP contribution in [0.15, 0.2) is 18.2 Å². The number of hydrogen-bond donors (Lipinski definition) is 1. The fraction of sp³-hybridized carbons (Fsp3) is 0.647. The van der Waals surface area contributed by atoms with Crippen molar-refractivity contribution < 1.29 is 4.74 Å². The molecule has 2 heteroatoms. The van der Waals surface area contributed by atoms with Gasteiger partial charge in [0.25, 0.3) is 0 Å². The minimum atomic E-state index is 0.517. The second-order valence-electron chi connectivity index (χ2n) is 5.99. The lowest BCUT2D eigenvalue weighted by Gasteiger charge is -2.29. The Labute approximate surface area is 117 Å². The largest absolute Gasteiger partial charge is 0.496 e. The predicted octanol–water partition coefficient (Wildman–Crippen LogP) is 4.06. The maximum atomic E-state index is 5.47. The zero-order chi connectivity index (χ0) is 13.8. The minimum absolute atomic E-state index is 0.517. The second kappa shape index (κ2) is 6.42. The molecule has 0 heterocycles. The van der Waals surface area contributed by atoms with Crippen LogP contribution in [0.4, 0.5) is 0 Å². The van der Waals surface area contributed by atoms with Gasteiger partial charge in [-0.1, -0.05) is 26.0 Å². The average Bonchev–Trinajstić information content (AvgIpc) is 2.46. The van der Waals surface area contributed by atoms with E-state index in [9.17, 15) is 0 Å². The predicted molar refractivity (Wildman–Crippen MR) is 81.1 cm³/mol. The highest BCUT2D eigenvalue weighted by atomic mass is 16.5. The first kappa shape index (κ1) is 14.4. The summed E-state index contributed by atoms with van der Waals surface area (Å²) < 4.78 is 5.47. The SMILES string of the molecule is CNC1CCC(c2ccc(OC)c(C(C)C)c2)CC1. The van der Waals surface area contributed by atoms with Gasteiger partial charge in [0, 0.05) is 6.04 Å². The number of ether oxygens (including phenoxy) is 1. The molecule has 0 bridgehead atoms. The third-order valence-electron chi connectivity index (χ3n) is 4.48. The molecule has 0 aromatic heterocycles. The Kier molecular flexibility index (Phi) is 4.87. The highest BCUT2D eigenvalue weighted by molar-refractivity contribution is 5.40. The molecular weight excluding hydrogens is 234 g/mol. The van der Waals surface area contributed by atoms with E-state index < -0.39 is 0 Å². The Morgan fingerprint density at radius 3 is 2.37 bits per heavy atom. The zero-order valence-electron chi connectivity index (χ0n) is 12.7. The molecule has 0 radical (unpaired) electrons. The van der Waals surface area contributed by atoms with Crippen LogP contribution in [0.1, 0.15) is 62.5 Å². The first-order valence-electron chi connectivity index (χ1n) is 7.50. The number of hydrogen-bond acceptors (Lipinski definition) is 2. The van der Waals surface area contributed by atoms with Crippen LogP contribution in [0.3, 0.4) is 0 Å². The number of nitrogens with one attached hydrogen (secondary N) is 1. The van der Waals surface area contributed by atoms with Crippen molar-refractivity contribution in [1.82, 2.24) is 5.32 Å². The summed E-state index contributed by atoms with van der Waals surface area (Å²) in [5, 5.41) is 3.40. The molecule has 1 fully saturated rings. The van der Waals surface area contributed by atoms with Crippen LogP contribution in [-0.4, -0.2) is 20.2 Å². The maximum absolute atomic E-state index is 5.47. The van der Waals surface area contributed by atoms with Crippen molar-refractivity contribution in [2.24, 2.45) is 0 Å². The van der Waals surface area contributed by atoms with E-state index in [1.54, 1.807) is 7.11 Å². The number of methoxy groups -OCH3 is 1. The van der Waals surface area contributed by atoms with Crippen molar-refractivity contribution >= 4 is 0 Å². The normalized spacial score (nSPS) is 23.6. The second-order valence-corrected chi connectivity index (χ2v) is 5.99. The van der Waals surface area contributed by atoms with Gasteiger partial charge in [0.05, 0.1) is 7.11 Å². The fourth-order valence-electron chi connectivity index (χ4n) is 3.17. The van der Waals surface area contributed by atoms with Crippen LogP contribution in [-0.2, 0) is 0 Å². The molecule has 1 saturated carbocycles. The van der Waals surface area contributed by atoms with Crippen LogP contribution in [0.2, 0.25) is 0 Å². The highest BCUT2D eigenvalue weighted by Gasteiger charge is 2.22. The monoisotopic (exact) mass is 261 g/mol. The zero-order valence-corrected chi connectivity index (χ0v) is 12.7. The Morgan fingerprint density at radius 2 is 1.84 bits per heavy atom. The fourth-order valence-corrected chi connectivity index (χ4v) is 3.17. The van der Waals surface area contributed by atoms with Crippen LogP contribution in [0.5, 0.6) is 5.75 Å². The maximum Gasteiger partial charge on any atom is 0.122 e. The van der Waals surface area contributed by atoms with Gasteiger partial charge in [-0.2, -0.15) is 0 Å². The molecule has 2 rings (SSSR count). The molecule has 0 unspecified atom stereocenters. The van der Waals surface area contributed by atoms with Gasteiger partial charge in [0.1, 0.15) is 5.75 Å². The van der Waals surface area contributed by atoms with Crippen molar-refractivity contribution in [3.05, 3.63) is 29.3 Å². The van der Waals surface area contributed by atoms with Gasteiger partial charge in [0.15, 0.2) is 0 Å². The molecule has 0 atom stereocenters. The van der Waals surface area contributed by atoms with Gasteiger partial charge in [-0.25, -0.2) is 0 Å². The minimum Gasteiger partial charge on any atom is -0.496 e. The average molecular weight is 261 g/mol. The molecule has 19 heavy (non-hydrogen) atoms. The van der Waals surface area contributed by atoms with E-state index in [0.717, 1.165) is 17.7 Å². The summed E-state index contributed by atoms with van der Waals surface area (Å²) in [6, 6.07) is 7.50. The van der Waals surface area contributed by atoms with Crippen molar-refractivity contribution in [3.63, 3.8) is 0 Å². The Hall–Kier alpha value is -1.02. The molecule has 1 N–H and O–H groups in total. The third-order valence-corrected chi connectivity index (χ3v) is 4.48. The van der Waals surface area contributed by atoms with Gasteiger partial charge in [-0.05, 0) is 61.8 Å². The Balaban J connectivity index is 2.15. The van der Waals surface area contributed by atoms with Gasteiger partial charge in [-0.15, -0.1) is 0 Å². The standard InChI is InChI=1S/C17H27NO/c1-12(2)16-11-14(7-10-17(16)19-4)13-5-8-15(18-3)9-6-13/h7,10-13,15,18H,5-6,8-9H2,1-4H3. The molecule has 0 amide bonds. The van der Waals surface area contributed by atoms with Gasteiger partial charge in [-0.3, -0.25) is 0 Å². The van der Waals surface area contributed by atoms with Gasteiger partial charge in [0.2, 0.25) is 0 Å². The van der Waals surface area contributed by atoms with Crippen molar-refractivity contribution in [2.75, 3.05) is 14.2 Å². The molecule has 1 aliphatic rings. The molecule has 2 nitrogen and oxygen atoms in total. The van der Waals surface area contributed by atoms with Crippen molar-refractivity contribution in [3.8, 4) is 5.75 Å². The molecule has 0 saturated heterocycles. The molecule has 1 aliphatic carbocycles. The third kappa shape index (κ3) is 3.30. The molecule has 0 aliphatic heterocycles. The van der Waals surface area contributed by atoms with E-state index in [4.69, 9.17) is 4.74 Å². The van der Waals surface area contributed by atoms with E-state index in [-0.39, 0.29) is 0 Å². The van der Waals surface area contributed by atoms with E-state index in [2.05, 4.69) is 44.4 Å². The van der Waals surface area contributed by atoms with E-state index in [0.29, 0.717) is 5.92 Å². The summed E-state index contributed by atoms with van der Waals surface area (Å²) in [7, 11) is 3.84. The summed E-state index contributed by atoms with van der Waals surface area (Å²) in [6.45, 7) is 4.47. The highest BCUT2D eigenvalue weighted by Crippen LogP contribution is 2.36. The summed E-state index contributed by atoms with van der Waals surface area (Å²) in [4.78, 5) is 0. The summed E-state index contributed by atoms with van der Waals surface area (Å²) in [5.74, 6) is 2.28. The summed E-state index contributed by atoms with van der Waals surface area (Å²) in [6.07, 6.45) is 5.19. The van der Waals surface area contributed by atoms with Crippen LogP contribution >= 0.6 is 0 Å². The molecule has 1 aromatic carbocycles. The van der Waals surface area contributed by atoms with Crippen molar-refractivity contribution in [2.45, 2.75) is 57.4 Å². The smallest absolute Gasteiger partial charge is 0.122 e. The first-order valence-corrected chi connectivity index (χ1v) is 7.50. The quantitative estimate of drug-likeness (QED) is 0.882. The van der Waals surface area contributed by atoms with E-state index in [1.807, 2.05) is 0 Å². The lowest BCUT2D eigenvalue weighted by molar-refractivity contribution is 0.358.